The van der Waals surface area contributed by atoms with Gasteiger partial charge in [0.15, 0.2) is 0 Å². The Morgan fingerprint density at radius 1 is 0.381 bits per heavy atom. The predicted octanol–water partition coefficient (Wildman–Crippen LogP) is 7.33. The van der Waals surface area contributed by atoms with Crippen molar-refractivity contribution < 1.29 is 39.3 Å². The Hall–Kier alpha value is -7.24. The molecule has 0 aliphatic heterocycles. The number of carbonyl (C=O) groups excluding carboxylic acids is 2. The predicted molar refractivity (Wildman–Crippen MR) is 235 cm³/mol. The van der Waals surface area contributed by atoms with Gasteiger partial charge in [-0.15, -0.1) is 0 Å². The van der Waals surface area contributed by atoms with Gasteiger partial charge in [-0.1, -0.05) is 24.3 Å². The van der Waals surface area contributed by atoms with Gasteiger partial charge in [0.2, 0.25) is 0 Å². The summed E-state index contributed by atoms with van der Waals surface area (Å²) in [7, 11) is 0. The molecule has 8 rings (SSSR count). The molecule has 0 aliphatic rings. The van der Waals surface area contributed by atoms with Crippen LogP contribution in [-0.2, 0) is 41.9 Å². The molecule has 0 unspecified atom stereocenters. The number of carboxylic acid groups (broad SMARTS) is 2. The summed E-state index contributed by atoms with van der Waals surface area (Å²) in [5.41, 5.74) is 11.4. The molecule has 63 heavy (non-hydrogen) atoms. The number of nitrogens with zero attached hydrogens (tertiary/aromatic N) is 8. The van der Waals surface area contributed by atoms with E-state index in [1.54, 1.807) is 49.6 Å². The molecule has 0 bridgehead atoms. The van der Waals surface area contributed by atoms with Gasteiger partial charge in [-0.3, -0.25) is 39.9 Å². The molecule has 0 saturated carbocycles. The van der Waals surface area contributed by atoms with Crippen molar-refractivity contribution in [2.24, 2.45) is 0 Å². The molecular weight excluding hydrogens is 878 g/mol. The molecule has 0 N–H and O–H groups in total. The molecule has 0 radical (unpaired) electrons. The molecular formula is C50H46N8O4Ru. The standard InChI is InChI=1S/2C15H16N2O2.2C10H8N2.Ru/c2*1-11-5-7-16-13(9-11)14-10-12(6-8-17-14)3-2-4-15(18)19;2*1-3-7-11-9(5-1)10-6-2-4-8-12-10;/h2*5-10H,2-4H2,1H3,(H,18,19);2*1-8H;/q;;;;+2/p-2. The first kappa shape index (κ1) is 48.4. The van der Waals surface area contributed by atoms with Gasteiger partial charge in [-0.25, -0.2) is 0 Å². The number of hydrogen-bond donors (Lipinski definition) is 0. The zero-order chi connectivity index (χ0) is 43.8. The van der Waals surface area contributed by atoms with Gasteiger partial charge in [0.25, 0.3) is 0 Å². The Labute approximate surface area is 380 Å². The molecule has 318 valence electrons. The van der Waals surface area contributed by atoms with Crippen LogP contribution >= 0.6 is 0 Å². The Morgan fingerprint density at radius 2 is 0.667 bits per heavy atom. The third-order valence-corrected chi connectivity index (χ3v) is 8.88. The largest absolute Gasteiger partial charge is 2.00 e. The minimum Gasteiger partial charge on any atom is -0.550 e. The minimum absolute atomic E-state index is 0. The minimum atomic E-state index is -1.00. The van der Waals surface area contributed by atoms with E-state index in [1.165, 1.54) is 0 Å². The normalized spacial score (nSPS) is 9.94. The molecule has 12 nitrogen and oxygen atoms in total. The molecule has 0 fully saturated rings. The summed E-state index contributed by atoms with van der Waals surface area (Å²) < 4.78 is 0. The fourth-order valence-corrected chi connectivity index (χ4v) is 5.82. The van der Waals surface area contributed by atoms with E-state index in [0.717, 1.165) is 67.8 Å². The summed E-state index contributed by atoms with van der Waals surface area (Å²) in [5, 5.41) is 20.8. The SMILES string of the molecule is Cc1ccnc(-c2cc(CCCC(=O)[O-])ccn2)c1.Cc1ccnc(-c2cc(CCCC(=O)[O-])ccn2)c1.[Ru+2].c1ccc(-c2ccccn2)nc1.c1ccc(-c2ccccn2)nc1. The molecule has 8 aromatic heterocycles. The first-order chi connectivity index (χ1) is 30.2. The molecule has 8 heterocycles. The third-order valence-electron chi connectivity index (χ3n) is 8.88. The smallest absolute Gasteiger partial charge is 0.550 e. The quantitative estimate of drug-likeness (QED) is 0.111. The van der Waals surface area contributed by atoms with E-state index in [0.29, 0.717) is 25.7 Å². The van der Waals surface area contributed by atoms with Crippen LogP contribution in [0.2, 0.25) is 0 Å². The summed E-state index contributed by atoms with van der Waals surface area (Å²) in [5.74, 6) is -2.01. The Bertz CT molecular complexity index is 2320. The third kappa shape index (κ3) is 17.7. The molecule has 0 aliphatic carbocycles. The molecule has 0 amide bonds. The monoisotopic (exact) mass is 924 g/mol. The number of rotatable bonds is 12. The van der Waals surface area contributed by atoms with Gasteiger partial charge in [-0.05, 0) is 172 Å². The van der Waals surface area contributed by atoms with Gasteiger partial charge in [0.05, 0.1) is 45.6 Å². The number of pyridine rings is 8. The molecule has 13 heteroatoms. The second-order valence-electron chi connectivity index (χ2n) is 13.8. The van der Waals surface area contributed by atoms with Crippen molar-refractivity contribution in [2.75, 3.05) is 0 Å². The van der Waals surface area contributed by atoms with Crippen LogP contribution in [0.1, 0.15) is 47.9 Å². The molecule has 0 aromatic carbocycles. The summed E-state index contributed by atoms with van der Waals surface area (Å²) in [6.07, 6.45) is 16.8. The van der Waals surface area contributed by atoms with E-state index in [9.17, 15) is 19.8 Å². The second-order valence-corrected chi connectivity index (χ2v) is 13.8. The molecule has 8 aromatic rings. The van der Waals surface area contributed by atoms with E-state index in [2.05, 4.69) is 39.9 Å². The van der Waals surface area contributed by atoms with Crippen LogP contribution < -0.4 is 10.2 Å². The van der Waals surface area contributed by atoms with Crippen LogP contribution in [0.4, 0.5) is 0 Å². The fourth-order valence-electron chi connectivity index (χ4n) is 5.82. The first-order valence-corrected chi connectivity index (χ1v) is 20.0. The summed E-state index contributed by atoms with van der Waals surface area (Å²) in [4.78, 5) is 54.7. The number of aliphatic carboxylic acids is 2. The molecule has 0 atom stereocenters. The van der Waals surface area contributed by atoms with Gasteiger partial charge in [-0.2, -0.15) is 0 Å². The van der Waals surface area contributed by atoms with Crippen molar-refractivity contribution in [3.8, 4) is 45.6 Å². The van der Waals surface area contributed by atoms with Crippen LogP contribution in [0.5, 0.6) is 0 Å². The summed E-state index contributed by atoms with van der Waals surface area (Å²) in [6, 6.07) is 38.7. The first-order valence-electron chi connectivity index (χ1n) is 20.0. The van der Waals surface area contributed by atoms with E-state index < -0.39 is 11.9 Å². The van der Waals surface area contributed by atoms with Crippen LogP contribution in [0, 0.1) is 13.8 Å². The Balaban J connectivity index is 0.000000187. The topological polar surface area (TPSA) is 183 Å². The van der Waals surface area contributed by atoms with Crippen molar-refractivity contribution in [3.05, 3.63) is 193 Å². The van der Waals surface area contributed by atoms with E-state index in [1.807, 2.05) is 135 Å². The summed E-state index contributed by atoms with van der Waals surface area (Å²) in [6.45, 7) is 4.02. The molecule has 0 spiro atoms. The van der Waals surface area contributed by atoms with Crippen molar-refractivity contribution in [1.29, 1.82) is 0 Å². The number of carbonyl (C=O) groups is 2. The number of carboxylic acids is 2. The van der Waals surface area contributed by atoms with Crippen molar-refractivity contribution in [3.63, 3.8) is 0 Å². The van der Waals surface area contributed by atoms with E-state index in [4.69, 9.17) is 0 Å². The van der Waals surface area contributed by atoms with Gasteiger partial charge < -0.3 is 19.8 Å². The number of aryl methyl sites for hydroxylation is 4. The van der Waals surface area contributed by atoms with Gasteiger partial charge in [0.1, 0.15) is 0 Å². The second kappa shape index (κ2) is 26.9. The van der Waals surface area contributed by atoms with Crippen LogP contribution in [-0.4, -0.2) is 51.8 Å². The molecule has 0 saturated heterocycles. The van der Waals surface area contributed by atoms with Gasteiger partial charge in [0, 0.05) is 61.5 Å². The maximum absolute atomic E-state index is 10.4. The maximum Gasteiger partial charge on any atom is 2.00 e. The van der Waals surface area contributed by atoms with E-state index >= 15 is 0 Å². The Morgan fingerprint density at radius 3 is 0.937 bits per heavy atom. The zero-order valence-corrected chi connectivity index (χ0v) is 36.7. The number of hydrogen-bond acceptors (Lipinski definition) is 12. The summed E-state index contributed by atoms with van der Waals surface area (Å²) >= 11 is 0. The van der Waals surface area contributed by atoms with Crippen molar-refractivity contribution in [1.82, 2.24) is 39.9 Å². The average molecular weight is 924 g/mol. The van der Waals surface area contributed by atoms with Crippen LogP contribution in [0.15, 0.2) is 171 Å². The van der Waals surface area contributed by atoms with Crippen molar-refractivity contribution >= 4 is 11.9 Å². The maximum atomic E-state index is 10.4. The van der Waals surface area contributed by atoms with Crippen molar-refractivity contribution in [2.45, 2.75) is 52.4 Å². The zero-order valence-electron chi connectivity index (χ0n) is 35.0. The average Bonchev–Trinajstić information content (AvgIpc) is 3.31. The van der Waals surface area contributed by atoms with Gasteiger partial charge >= 0.3 is 19.5 Å². The fraction of sp³-hybridized carbons (Fsp3) is 0.160. The number of aromatic nitrogens is 8. The van der Waals surface area contributed by atoms with Crippen LogP contribution in [0.25, 0.3) is 45.6 Å². The Kier molecular flexibility index (Phi) is 20.7. The van der Waals surface area contributed by atoms with E-state index in [-0.39, 0.29) is 32.3 Å². The van der Waals surface area contributed by atoms with Crippen LogP contribution in [0.3, 0.4) is 0 Å².